The number of nitrogens with one attached hydrogen (secondary N) is 2. The number of carbonyl (C=O) groups is 1. The molecule has 0 aliphatic carbocycles. The van der Waals surface area contributed by atoms with E-state index >= 15 is 0 Å². The molecule has 0 aromatic heterocycles. The quantitative estimate of drug-likeness (QED) is 0.851. The molecule has 148 valence electrons. The number of benzene rings is 2. The molecule has 0 unspecified atom stereocenters. The molecule has 2 aliphatic heterocycles. The Balaban J connectivity index is 1.29. The molecule has 6 nitrogen and oxygen atoms in total. The van der Waals surface area contributed by atoms with Gasteiger partial charge in [-0.15, -0.1) is 0 Å². The van der Waals surface area contributed by atoms with Gasteiger partial charge in [0, 0.05) is 62.0 Å². The zero-order valence-electron chi connectivity index (χ0n) is 16.5. The van der Waals surface area contributed by atoms with Crippen LogP contribution in [0.3, 0.4) is 0 Å². The van der Waals surface area contributed by atoms with Gasteiger partial charge in [0.2, 0.25) is 0 Å². The lowest BCUT2D eigenvalue weighted by atomic mass is 10.2. The summed E-state index contributed by atoms with van der Waals surface area (Å²) in [5.74, 6) is 0. The van der Waals surface area contributed by atoms with E-state index in [1.807, 2.05) is 24.3 Å². The first-order chi connectivity index (χ1) is 13.7. The Hall–Kier alpha value is -2.73. The first kappa shape index (κ1) is 18.6. The van der Waals surface area contributed by atoms with Gasteiger partial charge in [-0.2, -0.15) is 0 Å². The van der Waals surface area contributed by atoms with Gasteiger partial charge in [-0.1, -0.05) is 0 Å². The van der Waals surface area contributed by atoms with E-state index in [4.69, 9.17) is 0 Å². The van der Waals surface area contributed by atoms with E-state index in [0.717, 1.165) is 50.6 Å². The third kappa shape index (κ3) is 4.57. The Kier molecular flexibility index (Phi) is 5.67. The van der Waals surface area contributed by atoms with E-state index in [2.05, 4.69) is 56.6 Å². The van der Waals surface area contributed by atoms with Crippen molar-refractivity contribution >= 4 is 28.8 Å². The van der Waals surface area contributed by atoms with Gasteiger partial charge in [0.25, 0.3) is 0 Å². The van der Waals surface area contributed by atoms with Crippen molar-refractivity contribution in [2.45, 2.75) is 12.8 Å². The maximum Gasteiger partial charge on any atom is 0.323 e. The highest BCUT2D eigenvalue weighted by atomic mass is 16.2. The van der Waals surface area contributed by atoms with Crippen molar-refractivity contribution in [2.75, 3.05) is 66.7 Å². The Morgan fingerprint density at radius 3 is 1.57 bits per heavy atom. The normalized spacial score (nSPS) is 17.6. The van der Waals surface area contributed by atoms with Gasteiger partial charge in [0.15, 0.2) is 0 Å². The van der Waals surface area contributed by atoms with Gasteiger partial charge in [-0.25, -0.2) is 4.79 Å². The maximum atomic E-state index is 12.3. The number of hydrogen-bond acceptors (Lipinski definition) is 4. The van der Waals surface area contributed by atoms with Crippen LogP contribution in [-0.2, 0) is 0 Å². The molecule has 2 aromatic carbocycles. The van der Waals surface area contributed by atoms with Crippen molar-refractivity contribution in [3.05, 3.63) is 48.5 Å². The summed E-state index contributed by atoms with van der Waals surface area (Å²) < 4.78 is 0. The van der Waals surface area contributed by atoms with Crippen molar-refractivity contribution < 1.29 is 4.79 Å². The average Bonchev–Trinajstić information content (AvgIpc) is 3.25. The molecule has 28 heavy (non-hydrogen) atoms. The molecule has 2 aromatic rings. The maximum absolute atomic E-state index is 12.3. The van der Waals surface area contributed by atoms with E-state index < -0.39 is 0 Å². The third-order valence-electron chi connectivity index (χ3n) is 5.59. The zero-order valence-corrected chi connectivity index (χ0v) is 16.5. The summed E-state index contributed by atoms with van der Waals surface area (Å²) >= 11 is 0. The van der Waals surface area contributed by atoms with Crippen LogP contribution in [0.4, 0.5) is 27.5 Å². The number of amides is 2. The van der Waals surface area contributed by atoms with Gasteiger partial charge in [0.05, 0.1) is 0 Å². The van der Waals surface area contributed by atoms with Crippen LogP contribution in [0.15, 0.2) is 48.5 Å². The Bertz CT molecular complexity index is 776. The van der Waals surface area contributed by atoms with Crippen molar-refractivity contribution in [2.24, 2.45) is 0 Å². The molecule has 6 heteroatoms. The third-order valence-corrected chi connectivity index (χ3v) is 5.59. The Morgan fingerprint density at radius 2 is 1.11 bits per heavy atom. The molecule has 0 bridgehead atoms. The minimum atomic E-state index is -0.221. The lowest BCUT2D eigenvalue weighted by Gasteiger charge is -2.34. The Morgan fingerprint density at radius 1 is 0.679 bits per heavy atom. The van der Waals surface area contributed by atoms with E-state index in [1.54, 1.807) is 0 Å². The summed E-state index contributed by atoms with van der Waals surface area (Å²) in [5.41, 5.74) is 4.03. The summed E-state index contributed by atoms with van der Waals surface area (Å²) in [7, 11) is 2.16. The first-order valence-electron chi connectivity index (χ1n) is 10.1. The van der Waals surface area contributed by atoms with E-state index in [0.29, 0.717) is 0 Å². The van der Waals surface area contributed by atoms with Gasteiger partial charge >= 0.3 is 6.03 Å². The van der Waals surface area contributed by atoms with Gasteiger partial charge < -0.3 is 25.3 Å². The summed E-state index contributed by atoms with van der Waals surface area (Å²) in [5, 5.41) is 5.82. The molecule has 0 radical (unpaired) electrons. The fourth-order valence-corrected chi connectivity index (χ4v) is 3.84. The summed E-state index contributed by atoms with van der Waals surface area (Å²) in [6.07, 6.45) is 2.52. The highest BCUT2D eigenvalue weighted by Crippen LogP contribution is 2.23. The minimum absolute atomic E-state index is 0.221. The van der Waals surface area contributed by atoms with Crippen molar-refractivity contribution in [1.82, 2.24) is 4.90 Å². The molecular formula is C22H29N5O. The summed E-state index contributed by atoms with van der Waals surface area (Å²) in [4.78, 5) is 19.4. The van der Waals surface area contributed by atoms with Crippen LogP contribution < -0.4 is 20.4 Å². The molecule has 2 heterocycles. The van der Waals surface area contributed by atoms with Crippen LogP contribution in [0.1, 0.15) is 12.8 Å². The van der Waals surface area contributed by atoms with Crippen LogP contribution in [-0.4, -0.2) is 57.2 Å². The zero-order chi connectivity index (χ0) is 19.3. The van der Waals surface area contributed by atoms with Gasteiger partial charge in [0.1, 0.15) is 0 Å². The number of likely N-dealkylation sites (N-methyl/N-ethyl adjacent to an activating group) is 1. The molecule has 0 saturated carbocycles. The summed E-state index contributed by atoms with van der Waals surface area (Å²) in [6, 6.07) is 15.9. The fourth-order valence-electron chi connectivity index (χ4n) is 3.84. The number of rotatable bonds is 4. The standard InChI is InChI=1S/C22H29N5O/c1-25-14-16-27(17-15-25)21-10-6-19(7-11-21)24-22(28)23-18-4-8-20(9-5-18)26-12-2-3-13-26/h4-11H,2-3,12-17H2,1H3,(H2,23,24,28). The number of anilines is 4. The fraction of sp³-hybridized carbons (Fsp3) is 0.409. The monoisotopic (exact) mass is 379 g/mol. The smallest absolute Gasteiger partial charge is 0.323 e. The number of urea groups is 1. The van der Waals surface area contributed by atoms with Crippen LogP contribution in [0.25, 0.3) is 0 Å². The second-order valence-corrected chi connectivity index (χ2v) is 7.66. The van der Waals surface area contributed by atoms with Gasteiger partial charge in [-0.05, 0) is 68.4 Å². The predicted octanol–water partition coefficient (Wildman–Crippen LogP) is 3.68. The van der Waals surface area contributed by atoms with E-state index in [1.165, 1.54) is 24.2 Å². The van der Waals surface area contributed by atoms with Crippen molar-refractivity contribution in [3.63, 3.8) is 0 Å². The highest BCUT2D eigenvalue weighted by Gasteiger charge is 2.14. The largest absolute Gasteiger partial charge is 0.372 e. The topological polar surface area (TPSA) is 50.9 Å². The highest BCUT2D eigenvalue weighted by molar-refractivity contribution is 5.99. The Labute approximate surface area is 167 Å². The lowest BCUT2D eigenvalue weighted by Crippen LogP contribution is -2.44. The van der Waals surface area contributed by atoms with Crippen LogP contribution in [0.2, 0.25) is 0 Å². The minimum Gasteiger partial charge on any atom is -0.372 e. The molecule has 2 N–H and O–H groups in total. The number of hydrogen-bond donors (Lipinski definition) is 2. The first-order valence-corrected chi connectivity index (χ1v) is 10.1. The van der Waals surface area contributed by atoms with Crippen LogP contribution >= 0.6 is 0 Å². The van der Waals surface area contributed by atoms with E-state index in [9.17, 15) is 4.79 Å². The molecule has 4 rings (SSSR count). The molecule has 2 saturated heterocycles. The van der Waals surface area contributed by atoms with Crippen molar-refractivity contribution in [3.8, 4) is 0 Å². The number of carbonyl (C=O) groups excluding carboxylic acids is 1. The van der Waals surface area contributed by atoms with Crippen LogP contribution in [0.5, 0.6) is 0 Å². The number of nitrogens with zero attached hydrogens (tertiary/aromatic N) is 3. The number of piperazine rings is 1. The SMILES string of the molecule is CN1CCN(c2ccc(NC(=O)Nc3ccc(N4CCCC4)cc3)cc2)CC1. The molecular weight excluding hydrogens is 350 g/mol. The van der Waals surface area contributed by atoms with Crippen molar-refractivity contribution in [1.29, 1.82) is 0 Å². The second-order valence-electron chi connectivity index (χ2n) is 7.66. The second kappa shape index (κ2) is 8.52. The van der Waals surface area contributed by atoms with Gasteiger partial charge in [-0.3, -0.25) is 0 Å². The molecule has 0 spiro atoms. The average molecular weight is 380 g/mol. The predicted molar refractivity (Wildman–Crippen MR) is 117 cm³/mol. The molecule has 2 amide bonds. The molecule has 0 atom stereocenters. The molecule has 2 aliphatic rings. The van der Waals surface area contributed by atoms with Crippen LogP contribution in [0, 0.1) is 0 Å². The lowest BCUT2D eigenvalue weighted by molar-refractivity contribution is 0.262. The molecule has 2 fully saturated rings. The summed E-state index contributed by atoms with van der Waals surface area (Å²) in [6.45, 7) is 6.49. The van der Waals surface area contributed by atoms with E-state index in [-0.39, 0.29) is 6.03 Å².